The van der Waals surface area contributed by atoms with Crippen molar-refractivity contribution in [3.8, 4) is 11.3 Å². The lowest BCUT2D eigenvalue weighted by Gasteiger charge is -2.20. The van der Waals surface area contributed by atoms with E-state index in [-0.39, 0.29) is 5.56 Å². The lowest BCUT2D eigenvalue weighted by Crippen LogP contribution is -2.13. The number of para-hydroxylation sites is 1. The van der Waals surface area contributed by atoms with Crippen molar-refractivity contribution in [2.45, 2.75) is 6.42 Å². The van der Waals surface area contributed by atoms with Crippen molar-refractivity contribution in [3.63, 3.8) is 0 Å². The second-order valence-electron chi connectivity index (χ2n) is 6.84. The number of nitrogens with zero attached hydrogens (tertiary/aromatic N) is 3. The van der Waals surface area contributed by atoms with Gasteiger partial charge in [-0.2, -0.15) is 0 Å². The number of hydrogen-bond acceptors (Lipinski definition) is 4. The number of carboxylic acids is 1. The summed E-state index contributed by atoms with van der Waals surface area (Å²) < 4.78 is 0. The molecular formula is C23H17N3O2. The van der Waals surface area contributed by atoms with E-state index in [0.29, 0.717) is 11.0 Å². The monoisotopic (exact) mass is 367 g/mol. The molecule has 1 aliphatic rings. The van der Waals surface area contributed by atoms with Crippen LogP contribution in [0.15, 0.2) is 72.9 Å². The minimum absolute atomic E-state index is 0.212. The number of benzene rings is 3. The molecule has 0 fully saturated rings. The second kappa shape index (κ2) is 6.46. The summed E-state index contributed by atoms with van der Waals surface area (Å²) in [5, 5.41) is 9.13. The van der Waals surface area contributed by atoms with E-state index in [1.807, 2.05) is 12.1 Å². The van der Waals surface area contributed by atoms with Crippen molar-refractivity contribution in [1.82, 2.24) is 9.97 Å². The summed E-state index contributed by atoms with van der Waals surface area (Å²) in [6.07, 6.45) is 2.74. The van der Waals surface area contributed by atoms with Gasteiger partial charge >= 0.3 is 5.97 Å². The van der Waals surface area contributed by atoms with Gasteiger partial charge in [0.05, 0.1) is 28.5 Å². The smallest absolute Gasteiger partial charge is 0.335 e. The first-order valence-electron chi connectivity index (χ1n) is 9.15. The van der Waals surface area contributed by atoms with Gasteiger partial charge in [0, 0.05) is 23.5 Å². The Morgan fingerprint density at radius 3 is 2.75 bits per heavy atom. The van der Waals surface area contributed by atoms with Gasteiger partial charge in [-0.15, -0.1) is 0 Å². The molecule has 0 saturated heterocycles. The van der Waals surface area contributed by atoms with Crippen LogP contribution in [0.3, 0.4) is 0 Å². The highest BCUT2D eigenvalue weighted by Crippen LogP contribution is 2.35. The standard InChI is InChI=1S/C23H17N3O2/c27-23(28)17-8-9-19-20(13-17)24-14-21(25-19)16-5-3-6-18(12-16)26-11-10-15-4-1-2-7-22(15)26/h1-9,12-14H,10-11H2,(H,27,28). The van der Waals surface area contributed by atoms with Crippen molar-refractivity contribution in [2.75, 3.05) is 11.4 Å². The number of hydrogen-bond donors (Lipinski definition) is 1. The third kappa shape index (κ3) is 2.77. The van der Waals surface area contributed by atoms with Gasteiger partial charge in [-0.05, 0) is 48.4 Å². The summed E-state index contributed by atoms with van der Waals surface area (Å²) in [6, 6.07) is 21.6. The summed E-state index contributed by atoms with van der Waals surface area (Å²) in [7, 11) is 0. The maximum Gasteiger partial charge on any atom is 0.335 e. The molecule has 0 aliphatic carbocycles. The molecule has 5 nitrogen and oxygen atoms in total. The fourth-order valence-electron chi connectivity index (χ4n) is 3.72. The number of rotatable bonds is 3. The van der Waals surface area contributed by atoms with E-state index in [2.05, 4.69) is 51.3 Å². The lowest BCUT2D eigenvalue weighted by atomic mass is 10.1. The first-order valence-corrected chi connectivity index (χ1v) is 9.15. The zero-order valence-electron chi connectivity index (χ0n) is 15.0. The highest BCUT2D eigenvalue weighted by molar-refractivity contribution is 5.92. The normalized spacial score (nSPS) is 12.9. The molecular weight excluding hydrogens is 350 g/mol. The molecule has 136 valence electrons. The average molecular weight is 367 g/mol. The molecule has 5 rings (SSSR count). The van der Waals surface area contributed by atoms with Gasteiger partial charge in [0.15, 0.2) is 0 Å². The molecule has 1 N–H and O–H groups in total. The predicted octanol–water partition coefficient (Wildman–Crippen LogP) is 4.69. The van der Waals surface area contributed by atoms with Gasteiger partial charge in [-0.1, -0.05) is 30.3 Å². The summed E-state index contributed by atoms with van der Waals surface area (Å²) in [5.41, 5.74) is 6.98. The molecule has 0 radical (unpaired) electrons. The zero-order chi connectivity index (χ0) is 19.1. The minimum atomic E-state index is -0.966. The summed E-state index contributed by atoms with van der Waals surface area (Å²) in [6.45, 7) is 0.962. The Morgan fingerprint density at radius 2 is 1.86 bits per heavy atom. The second-order valence-corrected chi connectivity index (χ2v) is 6.84. The van der Waals surface area contributed by atoms with E-state index in [1.165, 1.54) is 11.3 Å². The van der Waals surface area contributed by atoms with Gasteiger partial charge in [0.1, 0.15) is 0 Å². The van der Waals surface area contributed by atoms with Crippen LogP contribution in [0.5, 0.6) is 0 Å². The lowest BCUT2D eigenvalue weighted by molar-refractivity contribution is 0.0697. The highest BCUT2D eigenvalue weighted by atomic mass is 16.4. The van der Waals surface area contributed by atoms with Gasteiger partial charge < -0.3 is 10.0 Å². The third-order valence-corrected chi connectivity index (χ3v) is 5.13. The molecule has 0 atom stereocenters. The maximum atomic E-state index is 11.1. The molecule has 0 saturated carbocycles. The predicted molar refractivity (Wildman–Crippen MR) is 109 cm³/mol. The van der Waals surface area contributed by atoms with E-state index in [1.54, 1.807) is 24.4 Å². The summed E-state index contributed by atoms with van der Waals surface area (Å²) in [4.78, 5) is 22.6. The minimum Gasteiger partial charge on any atom is -0.478 e. The van der Waals surface area contributed by atoms with Crippen LogP contribution in [0.25, 0.3) is 22.3 Å². The van der Waals surface area contributed by atoms with Gasteiger partial charge in [0.25, 0.3) is 0 Å². The van der Waals surface area contributed by atoms with Gasteiger partial charge in [-0.25, -0.2) is 9.78 Å². The maximum absolute atomic E-state index is 11.1. The Kier molecular flexibility index (Phi) is 3.79. The SMILES string of the molecule is O=C(O)c1ccc2nc(-c3cccc(N4CCc5ccccc54)c3)cnc2c1. The Balaban J connectivity index is 1.53. The van der Waals surface area contributed by atoms with Crippen LogP contribution in [-0.4, -0.2) is 27.6 Å². The van der Waals surface area contributed by atoms with Crippen LogP contribution in [0, 0.1) is 0 Å². The number of aromatic nitrogens is 2. The van der Waals surface area contributed by atoms with E-state index in [0.717, 1.165) is 29.9 Å². The van der Waals surface area contributed by atoms with Crippen LogP contribution in [0.2, 0.25) is 0 Å². The molecule has 28 heavy (non-hydrogen) atoms. The Morgan fingerprint density at radius 1 is 0.964 bits per heavy atom. The molecule has 1 aliphatic heterocycles. The van der Waals surface area contributed by atoms with E-state index in [4.69, 9.17) is 5.11 Å². The number of carboxylic acid groups (broad SMARTS) is 1. The quantitative estimate of drug-likeness (QED) is 0.569. The van der Waals surface area contributed by atoms with Crippen molar-refractivity contribution in [2.24, 2.45) is 0 Å². The van der Waals surface area contributed by atoms with Crippen LogP contribution in [0.1, 0.15) is 15.9 Å². The Bertz CT molecular complexity index is 1220. The first-order chi connectivity index (χ1) is 13.7. The largest absolute Gasteiger partial charge is 0.478 e. The number of anilines is 2. The third-order valence-electron chi connectivity index (χ3n) is 5.13. The van der Waals surface area contributed by atoms with Crippen LogP contribution in [0.4, 0.5) is 11.4 Å². The Hall–Kier alpha value is -3.73. The fourth-order valence-corrected chi connectivity index (χ4v) is 3.72. The Labute approximate surface area is 161 Å². The zero-order valence-corrected chi connectivity index (χ0v) is 15.0. The molecule has 0 bridgehead atoms. The fraction of sp³-hybridized carbons (Fsp3) is 0.0870. The first kappa shape index (κ1) is 16.4. The molecule has 1 aromatic heterocycles. The molecule has 4 aromatic rings. The van der Waals surface area contributed by atoms with Crippen molar-refractivity contribution in [3.05, 3.63) is 84.1 Å². The van der Waals surface area contributed by atoms with E-state index < -0.39 is 5.97 Å². The van der Waals surface area contributed by atoms with Crippen molar-refractivity contribution < 1.29 is 9.90 Å². The van der Waals surface area contributed by atoms with Gasteiger partial charge in [0.2, 0.25) is 0 Å². The topological polar surface area (TPSA) is 66.3 Å². The van der Waals surface area contributed by atoms with E-state index >= 15 is 0 Å². The van der Waals surface area contributed by atoms with Crippen molar-refractivity contribution >= 4 is 28.4 Å². The highest BCUT2D eigenvalue weighted by Gasteiger charge is 2.20. The van der Waals surface area contributed by atoms with Crippen LogP contribution < -0.4 is 4.90 Å². The van der Waals surface area contributed by atoms with Crippen LogP contribution in [-0.2, 0) is 6.42 Å². The molecule has 0 amide bonds. The number of carbonyl (C=O) groups is 1. The molecule has 3 aromatic carbocycles. The summed E-state index contributed by atoms with van der Waals surface area (Å²) in [5.74, 6) is -0.966. The van der Waals surface area contributed by atoms with Crippen LogP contribution >= 0.6 is 0 Å². The van der Waals surface area contributed by atoms with E-state index in [9.17, 15) is 4.79 Å². The number of aromatic carboxylic acids is 1. The summed E-state index contributed by atoms with van der Waals surface area (Å²) >= 11 is 0. The molecule has 2 heterocycles. The average Bonchev–Trinajstić information content (AvgIpc) is 3.17. The molecule has 0 unspecified atom stereocenters. The van der Waals surface area contributed by atoms with Crippen molar-refractivity contribution in [1.29, 1.82) is 0 Å². The van der Waals surface area contributed by atoms with Gasteiger partial charge in [-0.3, -0.25) is 4.98 Å². The molecule has 0 spiro atoms. The number of fused-ring (bicyclic) bond motifs is 2. The molecule has 5 heteroatoms.